The van der Waals surface area contributed by atoms with Crippen molar-refractivity contribution in [1.29, 1.82) is 0 Å². The largest absolute Gasteiger partial charge is 0.481 e. The first-order valence-electron chi connectivity index (χ1n) is 8.99. The minimum atomic E-state index is -0.861. The lowest BCUT2D eigenvalue weighted by Gasteiger charge is -2.19. The molecule has 1 saturated heterocycles. The van der Waals surface area contributed by atoms with E-state index in [9.17, 15) is 14.4 Å². The van der Waals surface area contributed by atoms with Crippen molar-refractivity contribution in [2.45, 2.75) is 39.5 Å². The summed E-state index contributed by atoms with van der Waals surface area (Å²) in [5.74, 6) is -1.75. The first kappa shape index (κ1) is 19.9. The van der Waals surface area contributed by atoms with Crippen LogP contribution in [0.4, 0.5) is 0 Å². The van der Waals surface area contributed by atoms with E-state index < -0.39 is 11.9 Å². The third-order valence-electron chi connectivity index (χ3n) is 4.92. The normalized spacial score (nSPS) is 20.1. The fourth-order valence-corrected chi connectivity index (χ4v) is 3.16. The molecule has 6 heteroatoms. The number of nitrogens with zero attached hydrogens (tertiary/aromatic N) is 1. The average molecular weight is 360 g/mol. The summed E-state index contributed by atoms with van der Waals surface area (Å²) >= 11 is 0. The van der Waals surface area contributed by atoms with Gasteiger partial charge in [0.15, 0.2) is 0 Å². The van der Waals surface area contributed by atoms with E-state index in [4.69, 9.17) is 5.11 Å². The van der Waals surface area contributed by atoms with E-state index >= 15 is 0 Å². The summed E-state index contributed by atoms with van der Waals surface area (Å²) in [6, 6.07) is 7.46. The van der Waals surface area contributed by atoms with E-state index in [1.165, 1.54) is 0 Å². The molecule has 2 amide bonds. The maximum atomic E-state index is 12.2. The molecule has 0 unspecified atom stereocenters. The Bertz CT molecular complexity index is 676. The van der Waals surface area contributed by atoms with Crippen LogP contribution in [-0.4, -0.2) is 47.4 Å². The van der Waals surface area contributed by atoms with Gasteiger partial charge < -0.3 is 15.3 Å². The van der Waals surface area contributed by atoms with Gasteiger partial charge in [0.25, 0.3) is 5.91 Å². The number of hydrogen-bond donors (Lipinski definition) is 2. The van der Waals surface area contributed by atoms with Crippen molar-refractivity contribution in [2.75, 3.05) is 19.6 Å². The van der Waals surface area contributed by atoms with Crippen LogP contribution in [0.2, 0.25) is 0 Å². The van der Waals surface area contributed by atoms with Crippen molar-refractivity contribution in [2.24, 2.45) is 11.8 Å². The Hall–Kier alpha value is -2.37. The highest BCUT2D eigenvalue weighted by Gasteiger charge is 2.36. The Kier molecular flexibility index (Phi) is 6.05. The highest BCUT2D eigenvalue weighted by molar-refractivity contribution is 5.94. The number of benzene rings is 1. The molecule has 6 nitrogen and oxygen atoms in total. The Labute approximate surface area is 154 Å². The molecule has 0 radical (unpaired) electrons. The van der Waals surface area contributed by atoms with E-state index in [1.807, 2.05) is 19.1 Å². The summed E-state index contributed by atoms with van der Waals surface area (Å²) in [6.45, 7) is 9.12. The molecule has 0 spiro atoms. The molecule has 0 aliphatic carbocycles. The van der Waals surface area contributed by atoms with Gasteiger partial charge in [0.05, 0.1) is 5.92 Å². The molecule has 0 saturated carbocycles. The van der Waals surface area contributed by atoms with Gasteiger partial charge in [0, 0.05) is 31.6 Å². The highest BCUT2D eigenvalue weighted by atomic mass is 16.4. The van der Waals surface area contributed by atoms with Gasteiger partial charge in [0.2, 0.25) is 5.91 Å². The Balaban J connectivity index is 1.81. The summed E-state index contributed by atoms with van der Waals surface area (Å²) in [5.41, 5.74) is 1.74. The van der Waals surface area contributed by atoms with Crippen molar-refractivity contribution in [1.82, 2.24) is 10.2 Å². The lowest BCUT2D eigenvalue weighted by atomic mass is 9.87. The molecule has 1 fully saturated rings. The number of amides is 2. The molecule has 2 atom stereocenters. The molecule has 26 heavy (non-hydrogen) atoms. The van der Waals surface area contributed by atoms with Crippen LogP contribution in [0.5, 0.6) is 0 Å². The van der Waals surface area contributed by atoms with E-state index in [0.29, 0.717) is 12.1 Å². The van der Waals surface area contributed by atoms with Crippen LogP contribution in [0.15, 0.2) is 24.3 Å². The van der Waals surface area contributed by atoms with Crippen LogP contribution < -0.4 is 5.32 Å². The third kappa shape index (κ3) is 4.84. The quantitative estimate of drug-likeness (QED) is 0.843. The monoisotopic (exact) mass is 360 g/mol. The predicted octanol–water partition coefficient (Wildman–Crippen LogP) is 2.28. The van der Waals surface area contributed by atoms with Crippen LogP contribution in [0.3, 0.4) is 0 Å². The number of carboxylic acid groups (broad SMARTS) is 1. The molecule has 142 valence electrons. The van der Waals surface area contributed by atoms with E-state index in [-0.39, 0.29) is 42.7 Å². The molecule has 1 heterocycles. The van der Waals surface area contributed by atoms with Gasteiger partial charge in [0.1, 0.15) is 0 Å². The number of likely N-dealkylation sites (tertiary alicyclic amines) is 1. The zero-order valence-corrected chi connectivity index (χ0v) is 15.9. The van der Waals surface area contributed by atoms with Gasteiger partial charge in [-0.05, 0) is 29.0 Å². The number of aliphatic carboxylic acids is 1. The molecule has 1 aliphatic heterocycles. The van der Waals surface area contributed by atoms with Crippen molar-refractivity contribution in [3.63, 3.8) is 0 Å². The maximum absolute atomic E-state index is 12.2. The second-order valence-corrected chi connectivity index (χ2v) is 8.05. The maximum Gasteiger partial charge on any atom is 0.308 e. The van der Waals surface area contributed by atoms with Gasteiger partial charge in [-0.25, -0.2) is 0 Å². The van der Waals surface area contributed by atoms with Gasteiger partial charge in [-0.2, -0.15) is 0 Å². The standard InChI is InChI=1S/C20H28N2O4/c1-13-11-22(12-16(13)19(25)26)17(23)9-10-21-18(24)14-5-7-15(8-6-14)20(2,3)4/h5-8,13,16H,9-12H2,1-4H3,(H,21,24)(H,25,26)/t13-,16-/m1/s1. The lowest BCUT2D eigenvalue weighted by Crippen LogP contribution is -2.33. The first-order valence-corrected chi connectivity index (χ1v) is 8.99. The predicted molar refractivity (Wildman–Crippen MR) is 99.0 cm³/mol. The summed E-state index contributed by atoms with van der Waals surface area (Å²) in [4.78, 5) is 37.1. The Morgan fingerprint density at radius 1 is 1.15 bits per heavy atom. The zero-order valence-electron chi connectivity index (χ0n) is 15.9. The summed E-state index contributed by atoms with van der Waals surface area (Å²) < 4.78 is 0. The minimum Gasteiger partial charge on any atom is -0.481 e. The van der Waals surface area contributed by atoms with E-state index in [2.05, 4.69) is 26.1 Å². The van der Waals surface area contributed by atoms with Crippen LogP contribution in [0.25, 0.3) is 0 Å². The second kappa shape index (κ2) is 7.89. The van der Waals surface area contributed by atoms with E-state index in [1.54, 1.807) is 17.0 Å². The van der Waals surface area contributed by atoms with Crippen LogP contribution in [0, 0.1) is 11.8 Å². The van der Waals surface area contributed by atoms with Gasteiger partial charge in [-0.1, -0.05) is 39.8 Å². The number of rotatable bonds is 5. The number of hydrogen-bond acceptors (Lipinski definition) is 3. The summed E-state index contributed by atoms with van der Waals surface area (Å²) in [5, 5.41) is 11.9. The smallest absolute Gasteiger partial charge is 0.308 e. The van der Waals surface area contributed by atoms with Crippen LogP contribution in [-0.2, 0) is 15.0 Å². The molecule has 1 aromatic carbocycles. The van der Waals surface area contributed by atoms with Crippen LogP contribution in [0.1, 0.15) is 50.0 Å². The number of carbonyl (C=O) groups excluding carboxylic acids is 2. The second-order valence-electron chi connectivity index (χ2n) is 8.05. The van der Waals surface area contributed by atoms with Gasteiger partial charge in [-0.3, -0.25) is 14.4 Å². The molecule has 2 rings (SSSR count). The molecular weight excluding hydrogens is 332 g/mol. The first-order chi connectivity index (χ1) is 12.1. The van der Waals surface area contributed by atoms with Crippen molar-refractivity contribution >= 4 is 17.8 Å². The minimum absolute atomic E-state index is 0.0299. The fraction of sp³-hybridized carbons (Fsp3) is 0.550. The number of carboxylic acids is 1. The molecule has 2 N–H and O–H groups in total. The van der Waals surface area contributed by atoms with Crippen molar-refractivity contribution in [3.8, 4) is 0 Å². The number of nitrogens with one attached hydrogen (secondary N) is 1. The van der Waals surface area contributed by atoms with Gasteiger partial charge in [-0.15, -0.1) is 0 Å². The molecular formula is C20H28N2O4. The molecule has 1 aliphatic rings. The van der Waals surface area contributed by atoms with Crippen molar-refractivity contribution in [3.05, 3.63) is 35.4 Å². The summed E-state index contributed by atoms with van der Waals surface area (Å²) in [7, 11) is 0. The Morgan fingerprint density at radius 2 is 1.77 bits per heavy atom. The summed E-state index contributed by atoms with van der Waals surface area (Å²) in [6.07, 6.45) is 0.172. The zero-order chi connectivity index (χ0) is 19.5. The van der Waals surface area contributed by atoms with Crippen LogP contribution >= 0.6 is 0 Å². The molecule has 0 aromatic heterocycles. The van der Waals surface area contributed by atoms with Gasteiger partial charge >= 0.3 is 5.97 Å². The molecule has 1 aromatic rings. The van der Waals surface area contributed by atoms with E-state index in [0.717, 1.165) is 5.56 Å². The number of carbonyl (C=O) groups is 3. The van der Waals surface area contributed by atoms with Crippen molar-refractivity contribution < 1.29 is 19.5 Å². The lowest BCUT2D eigenvalue weighted by molar-refractivity contribution is -0.142. The SMILES string of the molecule is C[C@@H]1CN(C(=O)CCNC(=O)c2ccc(C(C)(C)C)cc2)C[C@H]1C(=O)O. The highest BCUT2D eigenvalue weighted by Crippen LogP contribution is 2.24. The average Bonchev–Trinajstić information content (AvgIpc) is 2.96. The third-order valence-corrected chi connectivity index (χ3v) is 4.92. The topological polar surface area (TPSA) is 86.7 Å². The fourth-order valence-electron chi connectivity index (χ4n) is 3.16. The molecule has 0 bridgehead atoms. The Morgan fingerprint density at radius 3 is 2.27 bits per heavy atom.